The number of aliphatic hydroxyl groups excluding tert-OH is 1. The van der Waals surface area contributed by atoms with Crippen LogP contribution in [0, 0.1) is 0 Å². The van der Waals surface area contributed by atoms with Gasteiger partial charge in [-0.05, 0) is 0 Å². The van der Waals surface area contributed by atoms with Crippen molar-refractivity contribution in [3.63, 3.8) is 0 Å². The first-order valence-electron chi connectivity index (χ1n) is 4.74. The van der Waals surface area contributed by atoms with Crippen LogP contribution < -0.4 is 0 Å². The zero-order chi connectivity index (χ0) is 14.4. The molecule has 0 aliphatic carbocycles. The van der Waals surface area contributed by atoms with Crippen molar-refractivity contribution in [2.45, 2.75) is 24.6 Å². The van der Waals surface area contributed by atoms with Gasteiger partial charge in [0.2, 0.25) is 0 Å². The first kappa shape index (κ1) is 19.0. The molecule has 0 aromatic heterocycles. The van der Waals surface area contributed by atoms with Gasteiger partial charge in [0.25, 0.3) is 0 Å². The molecule has 0 saturated carbocycles. The van der Waals surface area contributed by atoms with E-state index in [1.165, 1.54) is 6.82 Å². The summed E-state index contributed by atoms with van der Waals surface area (Å²) in [4.78, 5) is 0. The Hall–Kier alpha value is 1.94. The van der Waals surface area contributed by atoms with Crippen molar-refractivity contribution in [2.75, 3.05) is 6.61 Å². The van der Waals surface area contributed by atoms with Crippen LogP contribution in [0.2, 0.25) is 0 Å². The second-order valence-corrected chi connectivity index (χ2v) is 8.02. The number of rotatable bonds is 5. The summed E-state index contributed by atoms with van der Waals surface area (Å²) in [5, 5.41) is 9.79. The molecule has 1 aliphatic rings. The first-order chi connectivity index (χ1) is 8.95. The minimum atomic E-state index is -1.20. The van der Waals surface area contributed by atoms with Gasteiger partial charge in [0, 0.05) is 0 Å². The van der Waals surface area contributed by atoms with E-state index in [9.17, 15) is 5.11 Å². The van der Waals surface area contributed by atoms with Gasteiger partial charge in [-0.25, -0.2) is 0 Å². The summed E-state index contributed by atoms with van der Waals surface area (Å²) in [6, 6.07) is 0. The molecule has 19 heavy (non-hydrogen) atoms. The van der Waals surface area contributed by atoms with E-state index in [1.807, 2.05) is 0 Å². The number of aliphatic hydroxyl groups is 1. The molecule has 0 aromatic carbocycles. The van der Waals surface area contributed by atoms with Gasteiger partial charge >= 0.3 is 128 Å². The predicted octanol–water partition coefficient (Wildman–Crippen LogP) is 1.62. The fourth-order valence-corrected chi connectivity index (χ4v) is 2.98. The van der Waals surface area contributed by atoms with Crippen LogP contribution in [0.25, 0.3) is 0 Å². The molecule has 2 unspecified atom stereocenters. The first-order valence-corrected chi connectivity index (χ1v) is 11.3. The molecule has 1 rings (SSSR count). The van der Waals surface area contributed by atoms with E-state index >= 15 is 0 Å². The Morgan fingerprint density at radius 2 is 2.05 bits per heavy atom. The summed E-state index contributed by atoms with van der Waals surface area (Å²) in [6.45, 7) is 12.8. The second-order valence-electron chi connectivity index (χ2n) is 3.27. The summed E-state index contributed by atoms with van der Waals surface area (Å²) in [7, 11) is 5.71. The molecular formula is C5H7B3O5P3S3+. The summed E-state index contributed by atoms with van der Waals surface area (Å²) in [6.07, 6.45) is -3.17. The summed E-state index contributed by atoms with van der Waals surface area (Å²) in [5.41, 5.74) is 0. The average Bonchev–Trinajstić information content (AvgIpc) is 2.60. The van der Waals surface area contributed by atoms with Crippen molar-refractivity contribution in [1.82, 2.24) is 0 Å². The molecular weight excluding hydrogens is 362 g/mol. The van der Waals surface area contributed by atoms with Crippen LogP contribution in [-0.4, -0.2) is 56.6 Å². The van der Waals surface area contributed by atoms with Gasteiger partial charge in [-0.3, -0.25) is 0 Å². The zero-order valence-corrected chi connectivity index (χ0v) is 14.5. The van der Waals surface area contributed by atoms with Crippen LogP contribution in [0.15, 0.2) is 0 Å². The summed E-state index contributed by atoms with van der Waals surface area (Å²) in [5.74, 6) is 0. The molecule has 0 aromatic rings. The molecule has 1 saturated heterocycles. The van der Waals surface area contributed by atoms with E-state index in [0.29, 0.717) is 6.85 Å². The van der Waals surface area contributed by atoms with Crippen LogP contribution in [0.3, 0.4) is 0 Å². The molecule has 5 nitrogen and oxygen atoms in total. The van der Waals surface area contributed by atoms with Gasteiger partial charge in [0.05, 0.1) is 0 Å². The van der Waals surface area contributed by atoms with Gasteiger partial charge in [-0.15, -0.1) is 0 Å². The molecule has 0 bridgehead atoms. The minimum absolute atomic E-state index is 0.0950. The van der Waals surface area contributed by atoms with Gasteiger partial charge in [0.1, 0.15) is 0 Å². The van der Waals surface area contributed by atoms with E-state index in [2.05, 4.69) is 15.6 Å². The van der Waals surface area contributed by atoms with Crippen LogP contribution in [0.1, 0.15) is 0 Å². The third kappa shape index (κ3) is 6.71. The fourth-order valence-electron chi connectivity index (χ4n) is 1.45. The quantitative estimate of drug-likeness (QED) is 0.588. The Balaban J connectivity index is 2.83. The predicted molar refractivity (Wildman–Crippen MR) is 87.1 cm³/mol. The monoisotopic (exact) mass is 369 g/mol. The van der Waals surface area contributed by atoms with E-state index in [-0.39, 0.29) is 6.61 Å². The summed E-state index contributed by atoms with van der Waals surface area (Å²) >= 11 is 4.73. The molecule has 1 aliphatic heterocycles. The molecule has 0 amide bonds. The van der Waals surface area contributed by atoms with Gasteiger partial charge in [-0.1, -0.05) is 0 Å². The second kappa shape index (κ2) is 9.86. The topological polar surface area (TPSA) is 57.2 Å². The standard InChI is InChI=1S/C5H7B3O5P3S3/c6-18(14)10-1-2-3(12-8-16-17)4(5(9)11-2)13-19(7)15/h2-5,9H,1H2/q+1/t2-,3?,4-,5?/m1/s1. The van der Waals surface area contributed by atoms with Gasteiger partial charge in [-0.2, -0.15) is 0 Å². The Bertz CT molecular complexity index is 615. The molecule has 2 radical (unpaired) electrons. The van der Waals surface area contributed by atoms with Crippen molar-refractivity contribution in [1.29, 1.82) is 0 Å². The number of ether oxygens (including phenoxy) is 1. The molecule has 1 heterocycles. The Morgan fingerprint density at radius 1 is 1.37 bits per heavy atom. The normalized spacial score (nSPS) is 29.5. The third-order valence-electron chi connectivity index (χ3n) is 2.11. The van der Waals surface area contributed by atoms with E-state index in [4.69, 9.17) is 43.0 Å². The van der Waals surface area contributed by atoms with Crippen molar-refractivity contribution in [3.05, 3.63) is 0 Å². The van der Waals surface area contributed by atoms with E-state index in [0.717, 1.165) is 0 Å². The SMILES string of the molecule is [B]=S(#P)OC[C@H]1OC(O)[C@H](OS(=[B])#P)C1OB=[P+]=S. The molecule has 14 heteroatoms. The van der Waals surface area contributed by atoms with Crippen molar-refractivity contribution in [2.24, 2.45) is 0 Å². The van der Waals surface area contributed by atoms with E-state index < -0.39 is 43.8 Å². The van der Waals surface area contributed by atoms with Crippen LogP contribution in [0.5, 0.6) is 0 Å². The number of hydrogen-bond donors (Lipinski definition) is 1. The fraction of sp³-hybridized carbons (Fsp3) is 1.00. The molecule has 0 spiro atoms. The Kier molecular flexibility index (Phi) is 9.86. The molecule has 1 N–H and O–H groups in total. The maximum atomic E-state index is 9.79. The molecule has 98 valence electrons. The Labute approximate surface area is 127 Å². The van der Waals surface area contributed by atoms with Crippen molar-refractivity contribution < 1.29 is 22.9 Å². The van der Waals surface area contributed by atoms with Crippen molar-refractivity contribution >= 4 is 73.7 Å². The Morgan fingerprint density at radius 3 is 2.58 bits per heavy atom. The van der Waals surface area contributed by atoms with Gasteiger partial charge in [0.15, 0.2) is 0 Å². The summed E-state index contributed by atoms with van der Waals surface area (Å²) < 4.78 is 21.1. The van der Waals surface area contributed by atoms with E-state index in [1.54, 1.807) is 0 Å². The maximum absolute atomic E-state index is 9.79. The van der Waals surface area contributed by atoms with Crippen LogP contribution in [0.4, 0.5) is 0 Å². The average molecular weight is 369 g/mol. The van der Waals surface area contributed by atoms with Gasteiger partial charge < -0.3 is 0 Å². The zero-order valence-electron chi connectivity index (χ0n) is 9.40. The van der Waals surface area contributed by atoms with Crippen LogP contribution >= 0.6 is 41.6 Å². The van der Waals surface area contributed by atoms with Crippen LogP contribution in [-0.2, 0) is 29.6 Å². The van der Waals surface area contributed by atoms with Crippen molar-refractivity contribution in [3.8, 4) is 0 Å². The molecule has 4 atom stereocenters. The molecule has 1 fully saturated rings. The third-order valence-corrected chi connectivity index (χ3v) is 3.95. The number of hydrogen-bond acceptors (Lipinski definition) is 6.